The second-order valence-electron chi connectivity index (χ2n) is 3.49. The average molecular weight is 290 g/mol. The van der Waals surface area contributed by atoms with Gasteiger partial charge in [-0.25, -0.2) is 8.42 Å². The van der Waals surface area contributed by atoms with E-state index in [1.165, 1.54) is 16.7 Å². The largest absolute Gasteiger partial charge is 0.355 e. The maximum absolute atomic E-state index is 11.2. The highest BCUT2D eigenvalue weighted by Crippen LogP contribution is 2.14. The van der Waals surface area contributed by atoms with Gasteiger partial charge in [-0.05, 0) is 25.2 Å². The molecule has 0 bridgehead atoms. The zero-order valence-electron chi connectivity index (χ0n) is 8.87. The second-order valence-corrected chi connectivity index (χ2v) is 7.01. The Labute approximate surface area is 108 Å². The van der Waals surface area contributed by atoms with E-state index in [9.17, 15) is 8.42 Å². The van der Waals surface area contributed by atoms with Crippen molar-refractivity contribution in [2.75, 3.05) is 11.1 Å². The van der Waals surface area contributed by atoms with Crippen molar-refractivity contribution in [1.29, 1.82) is 0 Å². The Balaban J connectivity index is 1.89. The number of nitrogens with zero attached hydrogens (tertiary/aromatic N) is 2. The van der Waals surface area contributed by atoms with Crippen LogP contribution in [0.3, 0.4) is 0 Å². The molecule has 0 radical (unpaired) electrons. The third-order valence-electron chi connectivity index (χ3n) is 1.99. The molecule has 17 heavy (non-hydrogen) atoms. The Morgan fingerprint density at radius 2 is 2.35 bits per heavy atom. The monoisotopic (exact) mass is 290 g/mol. The number of thiocarbonyl (C=S) groups is 1. The van der Waals surface area contributed by atoms with Crippen LogP contribution in [0.25, 0.3) is 0 Å². The number of hydrogen-bond acceptors (Lipinski definition) is 6. The number of anilines is 1. The first-order valence-electron chi connectivity index (χ1n) is 4.73. The fourth-order valence-electron chi connectivity index (χ4n) is 1.31. The maximum Gasteiger partial charge on any atom is 0.211 e. The molecule has 0 unspecified atom stereocenters. The molecule has 1 atom stereocenters. The molecular weight excluding hydrogens is 280 g/mol. The van der Waals surface area contributed by atoms with Crippen LogP contribution in [0, 0.1) is 6.92 Å². The third kappa shape index (κ3) is 3.45. The van der Waals surface area contributed by atoms with E-state index in [0.29, 0.717) is 10.2 Å². The van der Waals surface area contributed by atoms with Crippen LogP contribution in [0.15, 0.2) is 11.5 Å². The van der Waals surface area contributed by atoms with E-state index >= 15 is 0 Å². The van der Waals surface area contributed by atoms with Crippen molar-refractivity contribution in [1.82, 2.24) is 15.5 Å². The first kappa shape index (κ1) is 12.4. The molecule has 0 spiro atoms. The van der Waals surface area contributed by atoms with Gasteiger partial charge in [0.15, 0.2) is 14.9 Å². The molecule has 0 aromatic carbocycles. The molecule has 1 aromatic rings. The van der Waals surface area contributed by atoms with Gasteiger partial charge in [-0.15, -0.1) is 10.2 Å². The molecular formula is C8H10N4O2S3. The molecule has 0 fully saturated rings. The van der Waals surface area contributed by atoms with Crippen molar-refractivity contribution in [2.24, 2.45) is 0 Å². The van der Waals surface area contributed by atoms with Crippen molar-refractivity contribution >= 4 is 43.6 Å². The summed E-state index contributed by atoms with van der Waals surface area (Å²) in [5.74, 6) is 0.0317. The van der Waals surface area contributed by atoms with Gasteiger partial charge in [0.25, 0.3) is 0 Å². The summed E-state index contributed by atoms with van der Waals surface area (Å²) in [6.45, 7) is 1.84. The standard InChI is InChI=1S/C8H10N4O2S3/c1-5-11-12-8(16-5)10-7(15)9-6-2-3-17(13,14)4-6/h2-3,6H,4H2,1H3,(H2,9,10,12,15)/t6-/m0/s1. The van der Waals surface area contributed by atoms with Gasteiger partial charge in [-0.1, -0.05) is 11.3 Å². The van der Waals surface area contributed by atoms with Crippen LogP contribution in [-0.4, -0.2) is 35.5 Å². The fourth-order valence-corrected chi connectivity index (χ4v) is 3.46. The minimum absolute atomic E-state index is 0.0317. The number of nitrogens with one attached hydrogen (secondary N) is 2. The van der Waals surface area contributed by atoms with E-state index in [4.69, 9.17) is 12.2 Å². The molecule has 92 valence electrons. The van der Waals surface area contributed by atoms with Crippen LogP contribution in [-0.2, 0) is 9.84 Å². The summed E-state index contributed by atoms with van der Waals surface area (Å²) in [4.78, 5) is 0. The topological polar surface area (TPSA) is 84.0 Å². The van der Waals surface area contributed by atoms with Crippen LogP contribution in [0.1, 0.15) is 5.01 Å². The smallest absolute Gasteiger partial charge is 0.211 e. The summed E-state index contributed by atoms with van der Waals surface area (Å²) < 4.78 is 22.3. The van der Waals surface area contributed by atoms with E-state index in [1.54, 1.807) is 6.08 Å². The zero-order chi connectivity index (χ0) is 12.5. The third-order valence-corrected chi connectivity index (χ3v) is 4.36. The number of aryl methyl sites for hydroxylation is 1. The minimum Gasteiger partial charge on any atom is -0.355 e. The number of sulfone groups is 1. The molecule has 1 aliphatic rings. The predicted octanol–water partition coefficient (Wildman–Crippen LogP) is 0.444. The van der Waals surface area contributed by atoms with Crippen molar-refractivity contribution < 1.29 is 8.42 Å². The fraction of sp³-hybridized carbons (Fsp3) is 0.375. The van der Waals surface area contributed by atoms with Crippen molar-refractivity contribution in [3.05, 3.63) is 16.5 Å². The van der Waals surface area contributed by atoms with Crippen molar-refractivity contribution in [3.8, 4) is 0 Å². The highest BCUT2D eigenvalue weighted by Gasteiger charge is 2.22. The molecule has 9 heteroatoms. The predicted molar refractivity (Wildman–Crippen MR) is 70.7 cm³/mol. The van der Waals surface area contributed by atoms with Gasteiger partial charge in [0.1, 0.15) is 5.01 Å². The molecule has 6 nitrogen and oxygen atoms in total. The summed E-state index contributed by atoms with van der Waals surface area (Å²) >= 11 is 6.42. The lowest BCUT2D eigenvalue weighted by molar-refractivity contribution is 0.603. The maximum atomic E-state index is 11.2. The van der Waals surface area contributed by atoms with E-state index in [2.05, 4.69) is 20.8 Å². The zero-order valence-corrected chi connectivity index (χ0v) is 11.3. The normalized spacial score (nSPS) is 21.4. The van der Waals surface area contributed by atoms with Crippen molar-refractivity contribution in [2.45, 2.75) is 13.0 Å². The summed E-state index contributed by atoms with van der Waals surface area (Å²) in [7, 11) is -3.07. The lowest BCUT2D eigenvalue weighted by Gasteiger charge is -2.12. The molecule has 2 N–H and O–H groups in total. The first-order valence-corrected chi connectivity index (χ1v) is 7.67. The Hall–Kier alpha value is -1.06. The molecule has 2 rings (SSSR count). The van der Waals surface area contributed by atoms with Gasteiger partial charge in [0.05, 0.1) is 11.8 Å². The molecule has 2 heterocycles. The highest BCUT2D eigenvalue weighted by molar-refractivity contribution is 7.94. The van der Waals surface area contributed by atoms with Gasteiger partial charge < -0.3 is 10.6 Å². The Morgan fingerprint density at radius 3 is 2.88 bits per heavy atom. The van der Waals surface area contributed by atoms with E-state index in [0.717, 1.165) is 5.01 Å². The average Bonchev–Trinajstić information content (AvgIpc) is 2.73. The first-order chi connectivity index (χ1) is 7.94. The Kier molecular flexibility index (Phi) is 3.40. The summed E-state index contributed by atoms with van der Waals surface area (Å²) in [5, 5.41) is 16.4. The van der Waals surface area contributed by atoms with Crippen LogP contribution in [0.4, 0.5) is 5.13 Å². The molecule has 0 saturated carbocycles. The Morgan fingerprint density at radius 1 is 1.59 bits per heavy atom. The van der Waals surface area contributed by atoms with E-state index < -0.39 is 9.84 Å². The number of hydrogen-bond donors (Lipinski definition) is 2. The molecule has 0 aliphatic carbocycles. The summed E-state index contributed by atoms with van der Waals surface area (Å²) in [6, 6.07) is -0.283. The van der Waals surface area contributed by atoms with Gasteiger partial charge >= 0.3 is 0 Å². The van der Waals surface area contributed by atoms with Crippen molar-refractivity contribution in [3.63, 3.8) is 0 Å². The number of rotatable bonds is 2. The van der Waals surface area contributed by atoms with E-state index in [-0.39, 0.29) is 11.8 Å². The second kappa shape index (κ2) is 4.67. The minimum atomic E-state index is -3.07. The van der Waals surface area contributed by atoms with Gasteiger partial charge in [0, 0.05) is 5.41 Å². The van der Waals surface area contributed by atoms with Crippen LogP contribution in [0.2, 0.25) is 0 Å². The quantitative estimate of drug-likeness (QED) is 0.765. The molecule has 0 saturated heterocycles. The van der Waals surface area contributed by atoms with Crippen LogP contribution in [0.5, 0.6) is 0 Å². The molecule has 1 aromatic heterocycles. The van der Waals surface area contributed by atoms with Gasteiger partial charge in [0.2, 0.25) is 5.13 Å². The van der Waals surface area contributed by atoms with Crippen LogP contribution < -0.4 is 10.6 Å². The lowest BCUT2D eigenvalue weighted by atomic mass is 10.3. The van der Waals surface area contributed by atoms with Gasteiger partial charge in [-0.3, -0.25) is 0 Å². The lowest BCUT2D eigenvalue weighted by Crippen LogP contribution is -2.38. The van der Waals surface area contributed by atoms with E-state index in [1.807, 2.05) is 6.92 Å². The number of aromatic nitrogens is 2. The Bertz CT molecular complexity index is 563. The molecule has 1 aliphatic heterocycles. The summed E-state index contributed by atoms with van der Waals surface area (Å²) in [5.41, 5.74) is 0. The summed E-state index contributed by atoms with van der Waals surface area (Å²) in [6.07, 6.45) is 1.58. The van der Waals surface area contributed by atoms with Gasteiger partial charge in [-0.2, -0.15) is 0 Å². The highest BCUT2D eigenvalue weighted by atomic mass is 32.2. The SMILES string of the molecule is Cc1nnc(NC(=S)N[C@H]2C=CS(=O)(=O)C2)s1. The molecule has 0 amide bonds. The van der Waals surface area contributed by atoms with Crippen LogP contribution >= 0.6 is 23.6 Å².